The summed E-state index contributed by atoms with van der Waals surface area (Å²) in [7, 11) is 0.620. The van der Waals surface area contributed by atoms with Crippen molar-refractivity contribution < 1.29 is 22.0 Å². The lowest BCUT2D eigenvalue weighted by atomic mass is 10.2. The van der Waals surface area contributed by atoms with Crippen LogP contribution in [0, 0.1) is 11.6 Å². The van der Waals surface area contributed by atoms with Gasteiger partial charge in [-0.05, 0) is 25.0 Å². The maximum absolute atomic E-state index is 13.8. The molecular formula is C10H8ClF2NO3S. The third-order valence-corrected chi connectivity index (χ3v) is 3.80. The highest BCUT2D eigenvalue weighted by Gasteiger charge is 2.29. The van der Waals surface area contributed by atoms with Crippen LogP contribution in [0.2, 0.25) is 0 Å². The second-order valence-corrected chi connectivity index (χ2v) is 6.45. The van der Waals surface area contributed by atoms with Gasteiger partial charge in [0, 0.05) is 16.7 Å². The van der Waals surface area contributed by atoms with E-state index in [1.807, 2.05) is 0 Å². The molecule has 1 amide bonds. The van der Waals surface area contributed by atoms with Crippen molar-refractivity contribution in [2.45, 2.75) is 23.8 Å². The van der Waals surface area contributed by atoms with E-state index in [4.69, 9.17) is 10.7 Å². The molecule has 1 aromatic rings. The van der Waals surface area contributed by atoms with E-state index >= 15 is 0 Å². The lowest BCUT2D eigenvalue weighted by Crippen LogP contribution is -2.27. The number of amides is 1. The number of carbonyl (C=O) groups is 1. The minimum absolute atomic E-state index is 0.104. The molecule has 1 saturated carbocycles. The highest BCUT2D eigenvalue weighted by molar-refractivity contribution is 8.13. The number of nitrogens with one attached hydrogen (secondary N) is 1. The lowest BCUT2D eigenvalue weighted by Gasteiger charge is -2.08. The van der Waals surface area contributed by atoms with Gasteiger partial charge in [-0.1, -0.05) is 0 Å². The average molecular weight is 296 g/mol. The molecule has 0 heterocycles. The van der Waals surface area contributed by atoms with Crippen LogP contribution in [0.5, 0.6) is 0 Å². The van der Waals surface area contributed by atoms with E-state index in [9.17, 15) is 22.0 Å². The third kappa shape index (κ3) is 2.62. The largest absolute Gasteiger partial charge is 0.349 e. The maximum Gasteiger partial charge on any atom is 0.264 e. The van der Waals surface area contributed by atoms with Gasteiger partial charge in [0.15, 0.2) is 5.82 Å². The van der Waals surface area contributed by atoms with Gasteiger partial charge in [0.25, 0.3) is 15.0 Å². The fourth-order valence-corrected chi connectivity index (χ4v) is 2.32. The SMILES string of the molecule is O=C(NC1CC1)c1c(F)ccc(S(=O)(=O)Cl)c1F. The Hall–Kier alpha value is -1.21. The van der Waals surface area contributed by atoms with Crippen molar-refractivity contribution in [3.63, 3.8) is 0 Å². The summed E-state index contributed by atoms with van der Waals surface area (Å²) in [4.78, 5) is 10.7. The van der Waals surface area contributed by atoms with Gasteiger partial charge in [-0.25, -0.2) is 17.2 Å². The molecule has 4 nitrogen and oxygen atoms in total. The summed E-state index contributed by atoms with van der Waals surface area (Å²) in [5, 5.41) is 2.37. The normalized spacial score (nSPS) is 15.5. The molecule has 0 radical (unpaired) electrons. The van der Waals surface area contributed by atoms with Crippen LogP contribution in [-0.4, -0.2) is 20.4 Å². The Morgan fingerprint density at radius 1 is 1.33 bits per heavy atom. The van der Waals surface area contributed by atoms with Crippen LogP contribution in [0.3, 0.4) is 0 Å². The second-order valence-electron chi connectivity index (χ2n) is 3.92. The Kier molecular flexibility index (Phi) is 3.29. The van der Waals surface area contributed by atoms with Crippen molar-refractivity contribution in [2.24, 2.45) is 0 Å². The first-order valence-corrected chi connectivity index (χ1v) is 7.35. The molecule has 1 N–H and O–H groups in total. The molecule has 8 heteroatoms. The van der Waals surface area contributed by atoms with Crippen molar-refractivity contribution in [2.75, 3.05) is 0 Å². The Morgan fingerprint density at radius 2 is 1.94 bits per heavy atom. The molecule has 1 aromatic carbocycles. The van der Waals surface area contributed by atoms with E-state index in [0.717, 1.165) is 12.8 Å². The van der Waals surface area contributed by atoms with Crippen LogP contribution in [-0.2, 0) is 9.05 Å². The maximum atomic E-state index is 13.8. The van der Waals surface area contributed by atoms with Crippen molar-refractivity contribution in [1.82, 2.24) is 5.32 Å². The van der Waals surface area contributed by atoms with Gasteiger partial charge in [0.1, 0.15) is 16.3 Å². The highest BCUT2D eigenvalue weighted by atomic mass is 35.7. The predicted octanol–water partition coefficient (Wildman–Crippen LogP) is 1.78. The first kappa shape index (κ1) is 13.2. The van der Waals surface area contributed by atoms with Gasteiger partial charge in [0.2, 0.25) is 0 Å². The van der Waals surface area contributed by atoms with Crippen LogP contribution in [0.25, 0.3) is 0 Å². The van der Waals surface area contributed by atoms with E-state index in [1.165, 1.54) is 0 Å². The zero-order chi connectivity index (χ0) is 13.5. The van der Waals surface area contributed by atoms with Crippen molar-refractivity contribution in [3.8, 4) is 0 Å². The van der Waals surface area contributed by atoms with Crippen LogP contribution >= 0.6 is 10.7 Å². The van der Waals surface area contributed by atoms with Gasteiger partial charge < -0.3 is 5.32 Å². The quantitative estimate of drug-likeness (QED) is 0.865. The molecule has 1 aliphatic rings. The summed E-state index contributed by atoms with van der Waals surface area (Å²) in [5.41, 5.74) is -0.927. The summed E-state index contributed by atoms with van der Waals surface area (Å²) in [6, 6.07) is 1.27. The zero-order valence-corrected chi connectivity index (χ0v) is 10.5. The number of hydrogen-bond donors (Lipinski definition) is 1. The molecule has 2 rings (SSSR count). The smallest absolute Gasteiger partial charge is 0.264 e. The lowest BCUT2D eigenvalue weighted by molar-refractivity contribution is 0.0942. The topological polar surface area (TPSA) is 63.2 Å². The first-order valence-electron chi connectivity index (χ1n) is 5.04. The monoisotopic (exact) mass is 295 g/mol. The van der Waals surface area contributed by atoms with Crippen molar-refractivity contribution in [1.29, 1.82) is 0 Å². The molecule has 1 aliphatic carbocycles. The van der Waals surface area contributed by atoms with Crippen molar-refractivity contribution >= 4 is 25.6 Å². The molecule has 0 spiro atoms. The summed E-state index contributed by atoms with van der Waals surface area (Å²) in [6.07, 6.45) is 1.48. The fraction of sp³-hybridized carbons (Fsp3) is 0.300. The molecule has 0 unspecified atom stereocenters. The van der Waals surface area contributed by atoms with Crippen LogP contribution in [0.4, 0.5) is 8.78 Å². The van der Waals surface area contributed by atoms with E-state index in [1.54, 1.807) is 0 Å². The molecular weight excluding hydrogens is 288 g/mol. The summed E-state index contributed by atoms with van der Waals surface area (Å²) in [6.45, 7) is 0. The molecule has 0 atom stereocenters. The summed E-state index contributed by atoms with van der Waals surface area (Å²) in [5.74, 6) is -3.58. The molecule has 0 bridgehead atoms. The average Bonchev–Trinajstić information content (AvgIpc) is 2.99. The number of rotatable bonds is 3. The van der Waals surface area contributed by atoms with E-state index in [2.05, 4.69) is 5.32 Å². The molecule has 0 saturated heterocycles. The Morgan fingerprint density at radius 3 is 2.44 bits per heavy atom. The van der Waals surface area contributed by atoms with E-state index in [-0.39, 0.29) is 6.04 Å². The van der Waals surface area contributed by atoms with E-state index < -0.39 is 37.1 Å². The second kappa shape index (κ2) is 4.47. The van der Waals surface area contributed by atoms with Crippen molar-refractivity contribution in [3.05, 3.63) is 29.3 Å². The van der Waals surface area contributed by atoms with Gasteiger partial charge >= 0.3 is 0 Å². The summed E-state index contributed by atoms with van der Waals surface area (Å²) < 4.78 is 49.3. The molecule has 0 aromatic heterocycles. The van der Waals surface area contributed by atoms with Gasteiger partial charge in [-0.2, -0.15) is 0 Å². The van der Waals surface area contributed by atoms with Crippen LogP contribution < -0.4 is 5.32 Å². The Bertz CT molecular complexity index is 614. The van der Waals surface area contributed by atoms with Gasteiger partial charge in [-0.3, -0.25) is 4.79 Å². The minimum atomic E-state index is -4.37. The molecule has 1 fully saturated rings. The number of halogens is 3. The first-order chi connectivity index (χ1) is 8.30. The Balaban J connectivity index is 2.48. The van der Waals surface area contributed by atoms with Gasteiger partial charge in [0.05, 0.1) is 0 Å². The number of hydrogen-bond acceptors (Lipinski definition) is 3. The molecule has 0 aliphatic heterocycles. The standard InChI is InChI=1S/C10H8ClF2NO3S/c11-18(16,17)7-4-3-6(12)8(9(7)13)10(15)14-5-1-2-5/h3-5H,1-2H2,(H,14,15). The minimum Gasteiger partial charge on any atom is -0.349 e. The Labute approximate surface area is 106 Å². The third-order valence-electron chi connectivity index (χ3n) is 2.46. The number of carbonyl (C=O) groups excluding carboxylic acids is 1. The van der Waals surface area contributed by atoms with Gasteiger partial charge in [-0.15, -0.1) is 0 Å². The zero-order valence-electron chi connectivity index (χ0n) is 8.91. The van der Waals surface area contributed by atoms with Crippen LogP contribution in [0.1, 0.15) is 23.2 Å². The predicted molar refractivity (Wildman–Crippen MR) is 59.9 cm³/mol. The summed E-state index contributed by atoms with van der Waals surface area (Å²) >= 11 is 0. The fourth-order valence-electron chi connectivity index (χ4n) is 1.42. The van der Waals surface area contributed by atoms with Crippen LogP contribution in [0.15, 0.2) is 17.0 Å². The van der Waals surface area contributed by atoms with E-state index in [0.29, 0.717) is 12.1 Å². The molecule has 18 heavy (non-hydrogen) atoms. The highest BCUT2D eigenvalue weighted by Crippen LogP contribution is 2.25. The molecule has 98 valence electrons. The number of benzene rings is 1.